The number of carbonyl (C=O) groups excluding carboxylic acids is 2. The van der Waals surface area contributed by atoms with Gasteiger partial charge >= 0.3 is 44.9 Å². The first-order chi connectivity index (χ1) is 21.8. The monoisotopic (exact) mass is 705 g/mol. The van der Waals surface area contributed by atoms with E-state index in [-0.39, 0.29) is 18.5 Å². The summed E-state index contributed by atoms with van der Waals surface area (Å²) in [5.41, 5.74) is 3.43. The summed E-state index contributed by atoms with van der Waals surface area (Å²) < 4.78 is 72.8. The Balaban J connectivity index is 0.00000270. The van der Waals surface area contributed by atoms with E-state index in [0.717, 1.165) is 37.1 Å². The molecule has 278 valence electrons. The van der Waals surface area contributed by atoms with E-state index in [1.54, 1.807) is 0 Å². The molecule has 0 amide bonds. The van der Waals surface area contributed by atoms with E-state index in [4.69, 9.17) is 9.47 Å². The van der Waals surface area contributed by atoms with Gasteiger partial charge in [-0.3, -0.25) is 9.59 Å². The Hall–Kier alpha value is -1.90. The summed E-state index contributed by atoms with van der Waals surface area (Å²) in [6.07, 6.45) is 22.2. The number of esters is 2. The predicted octanol–water partition coefficient (Wildman–Crippen LogP) is 12.6. The van der Waals surface area contributed by atoms with Crippen molar-refractivity contribution in [2.45, 2.75) is 176 Å². The molecule has 0 aliphatic carbocycles. The molecule has 0 aromatic carbocycles. The summed E-state index contributed by atoms with van der Waals surface area (Å²) in [5.74, 6) is -0.378. The summed E-state index contributed by atoms with van der Waals surface area (Å²) in [5, 5.41) is 0. The molecule has 1 atom stereocenters. The van der Waals surface area contributed by atoms with Crippen LogP contribution in [0.4, 0.5) is 25.2 Å². The first-order valence-corrected chi connectivity index (χ1v) is 19.7. The molecule has 0 N–H and O–H groups in total. The Morgan fingerprint density at radius 1 is 0.617 bits per heavy atom. The van der Waals surface area contributed by atoms with Crippen molar-refractivity contribution in [1.82, 2.24) is 0 Å². The second-order valence-electron chi connectivity index (χ2n) is 12.8. The maximum absolute atomic E-state index is 12.7. The molecule has 47 heavy (non-hydrogen) atoms. The molecular formula is C35H62F6NO4P. The van der Waals surface area contributed by atoms with Crippen LogP contribution in [0.1, 0.15) is 159 Å². The number of aryl methyl sites for hydroxylation is 3. The van der Waals surface area contributed by atoms with Crippen LogP contribution in [0.15, 0.2) is 12.1 Å². The van der Waals surface area contributed by atoms with Crippen LogP contribution < -0.4 is 4.57 Å². The van der Waals surface area contributed by atoms with Gasteiger partial charge in [0.2, 0.25) is 0 Å². The molecule has 0 spiro atoms. The van der Waals surface area contributed by atoms with Crippen molar-refractivity contribution in [3.8, 4) is 0 Å². The van der Waals surface area contributed by atoms with Crippen molar-refractivity contribution in [2.75, 3.05) is 6.61 Å². The zero-order valence-electron chi connectivity index (χ0n) is 29.6. The molecule has 0 aliphatic heterocycles. The standard InChI is InChI=1S/C35H62NO4.F6P/c1-6-8-10-12-14-16-18-20-22-24-34(37)39-29-33(28-36-31(4)26-30(3)27-32(36)5)40-35(38)25-23-21-19-17-15-13-11-9-7-2;1-7(2,3,4,5)6/h26-27,33H,6-25,28-29H2,1-5H3;/q+1;-1. The van der Waals surface area contributed by atoms with Crippen LogP contribution in [0.2, 0.25) is 0 Å². The van der Waals surface area contributed by atoms with Gasteiger partial charge in [-0.05, 0) is 25.3 Å². The van der Waals surface area contributed by atoms with Gasteiger partial charge in [0.1, 0.15) is 6.61 Å². The Labute approximate surface area is 279 Å². The van der Waals surface area contributed by atoms with Gasteiger partial charge in [0.05, 0.1) is 0 Å². The van der Waals surface area contributed by atoms with Crippen LogP contribution in [0.5, 0.6) is 0 Å². The van der Waals surface area contributed by atoms with Gasteiger partial charge < -0.3 is 9.47 Å². The molecule has 1 unspecified atom stereocenters. The van der Waals surface area contributed by atoms with Crippen molar-refractivity contribution in [3.63, 3.8) is 0 Å². The van der Waals surface area contributed by atoms with Gasteiger partial charge in [0.15, 0.2) is 24.0 Å². The molecule has 5 nitrogen and oxygen atoms in total. The average Bonchev–Trinajstić information content (AvgIpc) is 2.94. The molecule has 1 aromatic rings. The van der Waals surface area contributed by atoms with Gasteiger partial charge in [-0.15, -0.1) is 0 Å². The second-order valence-corrected chi connectivity index (χ2v) is 14.8. The number of carbonyl (C=O) groups is 2. The van der Waals surface area contributed by atoms with E-state index in [2.05, 4.69) is 51.3 Å². The van der Waals surface area contributed by atoms with Crippen LogP contribution in [0, 0.1) is 20.8 Å². The third-order valence-corrected chi connectivity index (χ3v) is 7.81. The van der Waals surface area contributed by atoms with Crippen molar-refractivity contribution >= 4 is 19.7 Å². The van der Waals surface area contributed by atoms with E-state index >= 15 is 0 Å². The normalized spacial score (nSPS) is 13.6. The summed E-state index contributed by atoms with van der Waals surface area (Å²) in [4.78, 5) is 25.2. The number of hydrogen-bond acceptors (Lipinski definition) is 4. The summed E-state index contributed by atoms with van der Waals surface area (Å²) in [6, 6.07) is 4.26. The van der Waals surface area contributed by atoms with E-state index < -0.39 is 13.9 Å². The Morgan fingerprint density at radius 3 is 1.34 bits per heavy atom. The molecule has 12 heteroatoms. The zero-order valence-corrected chi connectivity index (χ0v) is 30.5. The summed E-state index contributed by atoms with van der Waals surface area (Å²) in [7, 11) is -10.7. The Bertz CT molecular complexity index is 987. The van der Waals surface area contributed by atoms with Crippen LogP contribution in [-0.2, 0) is 25.6 Å². The van der Waals surface area contributed by atoms with Crippen LogP contribution >= 0.6 is 7.81 Å². The predicted molar refractivity (Wildman–Crippen MR) is 179 cm³/mol. The summed E-state index contributed by atoms with van der Waals surface area (Å²) in [6.45, 7) is 11.3. The fourth-order valence-electron chi connectivity index (χ4n) is 5.41. The number of rotatable bonds is 25. The number of hydrogen-bond donors (Lipinski definition) is 0. The van der Waals surface area contributed by atoms with Crippen molar-refractivity contribution < 1.29 is 48.8 Å². The van der Waals surface area contributed by atoms with Crippen LogP contribution in [0.25, 0.3) is 0 Å². The molecule has 1 rings (SSSR count). The number of pyridine rings is 1. The topological polar surface area (TPSA) is 56.5 Å². The third-order valence-electron chi connectivity index (χ3n) is 7.81. The number of aromatic nitrogens is 1. The van der Waals surface area contributed by atoms with Crippen molar-refractivity contribution in [2.24, 2.45) is 0 Å². The van der Waals surface area contributed by atoms with Crippen molar-refractivity contribution in [1.29, 1.82) is 0 Å². The van der Waals surface area contributed by atoms with Gasteiger partial charge in [-0.1, -0.05) is 117 Å². The zero-order chi connectivity index (χ0) is 35.8. The Kier molecular flexibility index (Phi) is 21.8. The minimum absolute atomic E-state index is 0.111. The molecule has 0 aliphatic rings. The molecule has 0 fully saturated rings. The van der Waals surface area contributed by atoms with Gasteiger partial charge in [-0.2, -0.15) is 4.57 Å². The van der Waals surface area contributed by atoms with E-state index in [1.165, 1.54) is 95.5 Å². The Morgan fingerprint density at radius 2 is 0.957 bits per heavy atom. The van der Waals surface area contributed by atoms with Crippen molar-refractivity contribution in [3.05, 3.63) is 29.1 Å². The molecule has 0 radical (unpaired) electrons. The first-order valence-electron chi connectivity index (χ1n) is 17.7. The number of halogens is 6. The van der Waals surface area contributed by atoms with Gasteiger partial charge in [0, 0.05) is 38.8 Å². The average molecular weight is 706 g/mol. The maximum atomic E-state index is 12.7. The third kappa shape index (κ3) is 32.4. The molecule has 1 heterocycles. The SMILES string of the molecule is CCCCCCCCCCCC(=O)OCC(C[n+]1c(C)cc(C)cc1C)OC(=O)CCCCCCCCCCC.F[P-](F)(F)(F)(F)F. The van der Waals surface area contributed by atoms with E-state index in [1.807, 2.05) is 0 Å². The minimum atomic E-state index is -10.7. The number of unbranched alkanes of at least 4 members (excludes halogenated alkanes) is 16. The quantitative estimate of drug-likeness (QED) is 0.0334. The number of nitrogens with zero attached hydrogens (tertiary/aromatic N) is 1. The molecule has 0 saturated carbocycles. The fraction of sp³-hybridized carbons (Fsp3) is 0.800. The summed E-state index contributed by atoms with van der Waals surface area (Å²) >= 11 is 0. The number of ether oxygens (including phenoxy) is 2. The van der Waals surface area contributed by atoms with Crippen LogP contribution in [0.3, 0.4) is 0 Å². The van der Waals surface area contributed by atoms with Crippen LogP contribution in [-0.4, -0.2) is 24.6 Å². The second kappa shape index (κ2) is 22.7. The molecule has 0 bridgehead atoms. The van der Waals surface area contributed by atoms with Gasteiger partial charge in [0.25, 0.3) is 0 Å². The van der Waals surface area contributed by atoms with Gasteiger partial charge in [-0.25, -0.2) is 0 Å². The molecule has 0 saturated heterocycles. The van der Waals surface area contributed by atoms with E-state index in [0.29, 0.717) is 19.4 Å². The first kappa shape index (κ1) is 45.1. The molecule has 1 aromatic heterocycles. The fourth-order valence-corrected chi connectivity index (χ4v) is 5.41. The molecular weight excluding hydrogens is 643 g/mol. The van der Waals surface area contributed by atoms with E-state index in [9.17, 15) is 34.8 Å².